The number of benzene rings is 1. The molecule has 1 saturated carbocycles. The van der Waals surface area contributed by atoms with Crippen LogP contribution in [0, 0.1) is 0 Å². The molecule has 3 aromatic rings. The summed E-state index contributed by atoms with van der Waals surface area (Å²) in [5.41, 5.74) is 1.55. The van der Waals surface area contributed by atoms with E-state index in [1.807, 2.05) is 12.1 Å². The predicted molar refractivity (Wildman–Crippen MR) is 93.8 cm³/mol. The fourth-order valence-electron chi connectivity index (χ4n) is 2.73. The smallest absolute Gasteiger partial charge is 0.275 e. The third-order valence-electron chi connectivity index (χ3n) is 4.03. The Morgan fingerprint density at radius 2 is 1.79 bits per heavy atom. The standard InChI is InChI=1S/C17H14ClN3O2S/c18-14-8-7-12-3-1-9-19-15(12)16(14)21-24(22,23)17-13(11-5-6-11)4-2-10-20-17/h1-4,7-11,21H,5-6H2. The molecule has 7 heteroatoms. The van der Waals surface area contributed by atoms with Gasteiger partial charge < -0.3 is 0 Å². The van der Waals surface area contributed by atoms with Gasteiger partial charge in [-0.2, -0.15) is 8.42 Å². The van der Waals surface area contributed by atoms with Crippen LogP contribution in [-0.4, -0.2) is 18.4 Å². The van der Waals surface area contributed by atoms with Gasteiger partial charge in [-0.25, -0.2) is 4.98 Å². The average Bonchev–Trinajstić information content (AvgIpc) is 3.42. The Balaban J connectivity index is 1.82. The molecular weight excluding hydrogens is 346 g/mol. The van der Waals surface area contributed by atoms with Gasteiger partial charge in [0.15, 0.2) is 5.03 Å². The molecule has 24 heavy (non-hydrogen) atoms. The van der Waals surface area contributed by atoms with E-state index >= 15 is 0 Å². The molecule has 0 bridgehead atoms. The molecule has 1 fully saturated rings. The van der Waals surface area contributed by atoms with Crippen molar-refractivity contribution in [2.75, 3.05) is 4.72 Å². The van der Waals surface area contributed by atoms with Gasteiger partial charge >= 0.3 is 0 Å². The molecule has 1 aromatic carbocycles. The summed E-state index contributed by atoms with van der Waals surface area (Å²) in [5.74, 6) is 0.270. The van der Waals surface area contributed by atoms with Gasteiger partial charge in [0.1, 0.15) is 0 Å². The van der Waals surface area contributed by atoms with E-state index in [-0.39, 0.29) is 16.6 Å². The second-order valence-corrected chi connectivity index (χ2v) is 7.78. The Hall–Kier alpha value is -2.18. The van der Waals surface area contributed by atoms with E-state index in [9.17, 15) is 8.42 Å². The number of nitrogens with zero attached hydrogens (tertiary/aromatic N) is 2. The van der Waals surface area contributed by atoms with Crippen LogP contribution in [0.2, 0.25) is 5.02 Å². The first kappa shape index (κ1) is 15.4. The quantitative estimate of drug-likeness (QED) is 0.765. The number of pyridine rings is 2. The Morgan fingerprint density at radius 3 is 2.58 bits per heavy atom. The van der Waals surface area contributed by atoms with Crippen molar-refractivity contribution in [3.63, 3.8) is 0 Å². The van der Waals surface area contributed by atoms with Crippen LogP contribution >= 0.6 is 11.6 Å². The van der Waals surface area contributed by atoms with Gasteiger partial charge in [0.2, 0.25) is 0 Å². The van der Waals surface area contributed by atoms with E-state index in [1.54, 1.807) is 30.5 Å². The van der Waals surface area contributed by atoms with E-state index < -0.39 is 10.0 Å². The van der Waals surface area contributed by atoms with Crippen molar-refractivity contribution in [3.8, 4) is 0 Å². The van der Waals surface area contributed by atoms with E-state index in [2.05, 4.69) is 14.7 Å². The van der Waals surface area contributed by atoms with Crippen molar-refractivity contribution in [1.82, 2.24) is 9.97 Å². The Bertz CT molecular complexity index is 1030. The minimum absolute atomic E-state index is 0.0662. The molecule has 1 aliphatic rings. The summed E-state index contributed by atoms with van der Waals surface area (Å²) < 4.78 is 28.4. The minimum Gasteiger partial charge on any atom is -0.275 e. The molecule has 0 atom stereocenters. The molecular formula is C17H14ClN3O2S. The second-order valence-electron chi connectivity index (χ2n) is 5.78. The lowest BCUT2D eigenvalue weighted by atomic mass is 10.2. The monoisotopic (exact) mass is 359 g/mol. The molecule has 0 unspecified atom stereocenters. The molecule has 0 aliphatic heterocycles. The highest BCUT2D eigenvalue weighted by molar-refractivity contribution is 7.92. The average molecular weight is 360 g/mol. The molecule has 5 nitrogen and oxygen atoms in total. The molecule has 122 valence electrons. The third kappa shape index (κ3) is 2.72. The van der Waals surface area contributed by atoms with Gasteiger partial charge in [-0.1, -0.05) is 29.8 Å². The van der Waals surface area contributed by atoms with Crippen molar-refractivity contribution >= 4 is 38.2 Å². The summed E-state index contributed by atoms with van der Waals surface area (Å²) >= 11 is 6.22. The van der Waals surface area contributed by atoms with Gasteiger partial charge in [-0.3, -0.25) is 9.71 Å². The highest BCUT2D eigenvalue weighted by Crippen LogP contribution is 2.42. The maximum Gasteiger partial charge on any atom is 0.279 e. The van der Waals surface area contributed by atoms with E-state index in [4.69, 9.17) is 11.6 Å². The summed E-state index contributed by atoms with van der Waals surface area (Å²) in [7, 11) is -3.85. The zero-order chi connectivity index (χ0) is 16.7. The van der Waals surface area contributed by atoms with Crippen LogP contribution < -0.4 is 4.72 Å². The van der Waals surface area contributed by atoms with E-state index in [0.29, 0.717) is 10.5 Å². The minimum atomic E-state index is -3.85. The van der Waals surface area contributed by atoms with E-state index in [1.165, 1.54) is 6.20 Å². The van der Waals surface area contributed by atoms with E-state index in [0.717, 1.165) is 23.8 Å². The topological polar surface area (TPSA) is 72.0 Å². The fourth-order valence-corrected chi connectivity index (χ4v) is 4.31. The predicted octanol–water partition coefficient (Wildman–Crippen LogP) is 3.96. The number of anilines is 1. The SMILES string of the molecule is O=S(=O)(Nc1c(Cl)ccc2cccnc12)c1ncccc1C1CC1. The molecule has 2 aromatic heterocycles. The number of sulfonamides is 1. The van der Waals surface area contributed by atoms with Gasteiger partial charge in [-0.05, 0) is 42.5 Å². The van der Waals surface area contributed by atoms with Gasteiger partial charge in [-0.15, -0.1) is 0 Å². The van der Waals surface area contributed by atoms with Crippen molar-refractivity contribution < 1.29 is 8.42 Å². The van der Waals surface area contributed by atoms with Crippen LogP contribution in [0.15, 0.2) is 53.8 Å². The summed E-state index contributed by atoms with van der Waals surface area (Å²) in [6.07, 6.45) is 5.08. The molecule has 0 spiro atoms. The van der Waals surface area contributed by atoms with Crippen LogP contribution in [0.5, 0.6) is 0 Å². The number of hydrogen-bond acceptors (Lipinski definition) is 4. The first-order chi connectivity index (χ1) is 11.6. The molecule has 0 saturated heterocycles. The zero-order valence-corrected chi connectivity index (χ0v) is 14.2. The highest BCUT2D eigenvalue weighted by atomic mass is 35.5. The third-order valence-corrected chi connectivity index (χ3v) is 5.67. The van der Waals surface area contributed by atoms with Crippen molar-refractivity contribution in [3.05, 3.63) is 59.4 Å². The van der Waals surface area contributed by atoms with Crippen molar-refractivity contribution in [2.45, 2.75) is 23.8 Å². The van der Waals surface area contributed by atoms with Gasteiger partial charge in [0, 0.05) is 17.8 Å². The van der Waals surface area contributed by atoms with Crippen molar-refractivity contribution in [2.24, 2.45) is 0 Å². The summed E-state index contributed by atoms with van der Waals surface area (Å²) in [4.78, 5) is 8.36. The molecule has 4 rings (SSSR count). The first-order valence-electron chi connectivity index (χ1n) is 7.57. The second kappa shape index (κ2) is 5.72. The largest absolute Gasteiger partial charge is 0.279 e. The van der Waals surface area contributed by atoms with Crippen LogP contribution in [0.25, 0.3) is 10.9 Å². The number of halogens is 1. The fraction of sp³-hybridized carbons (Fsp3) is 0.176. The van der Waals surface area contributed by atoms with Gasteiger partial charge in [0.25, 0.3) is 10.0 Å². The number of fused-ring (bicyclic) bond motifs is 1. The number of nitrogens with one attached hydrogen (secondary N) is 1. The first-order valence-corrected chi connectivity index (χ1v) is 9.43. The molecule has 2 heterocycles. The molecule has 0 radical (unpaired) electrons. The Kier molecular flexibility index (Phi) is 3.66. The maximum atomic E-state index is 12.9. The van der Waals surface area contributed by atoms with Crippen LogP contribution in [0.4, 0.5) is 5.69 Å². The summed E-state index contributed by atoms with van der Waals surface area (Å²) in [6, 6.07) is 10.7. The summed E-state index contributed by atoms with van der Waals surface area (Å²) in [6.45, 7) is 0. The number of hydrogen-bond donors (Lipinski definition) is 1. The zero-order valence-electron chi connectivity index (χ0n) is 12.6. The van der Waals surface area contributed by atoms with Crippen molar-refractivity contribution in [1.29, 1.82) is 0 Å². The molecule has 0 amide bonds. The lowest BCUT2D eigenvalue weighted by Crippen LogP contribution is -2.17. The molecule has 1 aliphatic carbocycles. The van der Waals surface area contributed by atoms with Crippen LogP contribution in [0.1, 0.15) is 24.3 Å². The van der Waals surface area contributed by atoms with Gasteiger partial charge in [0.05, 0.1) is 16.2 Å². The van der Waals surface area contributed by atoms with Crippen LogP contribution in [0.3, 0.4) is 0 Å². The Labute approximate surface area is 144 Å². The molecule has 1 N–H and O–H groups in total. The maximum absolute atomic E-state index is 12.9. The van der Waals surface area contributed by atoms with Crippen LogP contribution in [-0.2, 0) is 10.0 Å². The highest BCUT2D eigenvalue weighted by Gasteiger charge is 2.31. The summed E-state index contributed by atoms with van der Waals surface area (Å²) in [5, 5.41) is 1.17. The number of rotatable bonds is 4. The Morgan fingerprint density at radius 1 is 1.04 bits per heavy atom. The lowest BCUT2D eigenvalue weighted by molar-refractivity contribution is 0.596. The number of aromatic nitrogens is 2. The lowest BCUT2D eigenvalue weighted by Gasteiger charge is -2.13. The normalized spacial score (nSPS) is 14.7.